The first-order valence-corrected chi connectivity index (χ1v) is 4.29. The zero-order valence-corrected chi connectivity index (χ0v) is 7.67. The van der Waals surface area contributed by atoms with Crippen molar-refractivity contribution in [2.45, 2.75) is 26.7 Å². The maximum absolute atomic E-state index is 5.42. The molecule has 0 radical (unpaired) electrons. The molecule has 0 aliphatic carbocycles. The van der Waals surface area contributed by atoms with Crippen molar-refractivity contribution >= 4 is 0 Å². The smallest absolute Gasteiger partial charge is 0.0616 e. The molecule has 0 saturated carbocycles. The van der Waals surface area contributed by atoms with Gasteiger partial charge in [-0.3, -0.25) is 9.97 Å². The Morgan fingerprint density at radius 3 is 2.83 bits per heavy atom. The highest BCUT2D eigenvalue weighted by atomic mass is 14.8. The molecule has 1 aromatic rings. The molecule has 0 bridgehead atoms. The summed E-state index contributed by atoms with van der Waals surface area (Å²) in [5.41, 5.74) is 8.53. The molecule has 66 valence electrons. The van der Waals surface area contributed by atoms with Crippen LogP contribution in [0.1, 0.15) is 24.0 Å². The number of hydrogen-bond acceptors (Lipinski definition) is 3. The molecular weight excluding hydrogens is 150 g/mol. The van der Waals surface area contributed by atoms with E-state index in [0.717, 1.165) is 29.9 Å². The molecule has 1 aromatic heterocycles. The Kier molecular flexibility index (Phi) is 3.17. The predicted molar refractivity (Wildman–Crippen MR) is 48.9 cm³/mol. The van der Waals surface area contributed by atoms with Crippen molar-refractivity contribution in [2.24, 2.45) is 5.73 Å². The van der Waals surface area contributed by atoms with Gasteiger partial charge in [0.05, 0.1) is 17.1 Å². The molecule has 0 saturated heterocycles. The first-order valence-electron chi connectivity index (χ1n) is 4.29. The average Bonchev–Trinajstić information content (AvgIpc) is 2.09. The van der Waals surface area contributed by atoms with Crippen LogP contribution in [-0.4, -0.2) is 16.5 Å². The standard InChI is InChI=1S/C9H15N3/c1-3-9-7(2)11-6-8(12-9)4-5-10/h6H,3-5,10H2,1-2H3. The van der Waals surface area contributed by atoms with Gasteiger partial charge in [0.15, 0.2) is 0 Å². The number of nitrogens with two attached hydrogens (primary N) is 1. The molecule has 12 heavy (non-hydrogen) atoms. The summed E-state index contributed by atoms with van der Waals surface area (Å²) in [6, 6.07) is 0. The van der Waals surface area contributed by atoms with Crippen LogP contribution in [0, 0.1) is 6.92 Å². The fourth-order valence-electron chi connectivity index (χ4n) is 1.13. The second-order valence-electron chi connectivity index (χ2n) is 2.79. The molecule has 0 atom stereocenters. The lowest BCUT2D eigenvalue weighted by molar-refractivity contribution is 0.857. The second kappa shape index (κ2) is 4.16. The van der Waals surface area contributed by atoms with Crippen molar-refractivity contribution in [3.63, 3.8) is 0 Å². The molecule has 1 heterocycles. The molecular formula is C9H15N3. The van der Waals surface area contributed by atoms with E-state index in [4.69, 9.17) is 5.73 Å². The van der Waals surface area contributed by atoms with Crippen LogP contribution in [0.5, 0.6) is 0 Å². The van der Waals surface area contributed by atoms with Crippen LogP contribution in [0.15, 0.2) is 6.20 Å². The Morgan fingerprint density at radius 2 is 2.25 bits per heavy atom. The predicted octanol–water partition coefficient (Wildman–Crippen LogP) is 0.849. The monoisotopic (exact) mass is 165 g/mol. The minimum atomic E-state index is 0.640. The van der Waals surface area contributed by atoms with Gasteiger partial charge in [0.1, 0.15) is 0 Å². The summed E-state index contributed by atoms with van der Waals surface area (Å²) in [5, 5.41) is 0. The molecule has 1 rings (SSSR count). The fourth-order valence-corrected chi connectivity index (χ4v) is 1.13. The Hall–Kier alpha value is -0.960. The first-order chi connectivity index (χ1) is 5.77. The normalized spacial score (nSPS) is 10.2. The Bertz CT molecular complexity index is 258. The quantitative estimate of drug-likeness (QED) is 0.722. The molecule has 3 nitrogen and oxygen atoms in total. The van der Waals surface area contributed by atoms with Gasteiger partial charge in [-0.15, -0.1) is 0 Å². The highest BCUT2D eigenvalue weighted by molar-refractivity contribution is 5.12. The SMILES string of the molecule is CCc1nc(CCN)cnc1C. The van der Waals surface area contributed by atoms with Crippen LogP contribution in [0.25, 0.3) is 0 Å². The summed E-state index contributed by atoms with van der Waals surface area (Å²) in [6.45, 7) is 4.71. The van der Waals surface area contributed by atoms with Crippen molar-refractivity contribution < 1.29 is 0 Å². The van der Waals surface area contributed by atoms with E-state index in [1.54, 1.807) is 6.20 Å². The largest absolute Gasteiger partial charge is 0.330 e. The fraction of sp³-hybridized carbons (Fsp3) is 0.556. The van der Waals surface area contributed by atoms with E-state index in [1.807, 2.05) is 6.92 Å². The molecule has 0 unspecified atom stereocenters. The van der Waals surface area contributed by atoms with Crippen LogP contribution < -0.4 is 5.73 Å². The van der Waals surface area contributed by atoms with Gasteiger partial charge in [0.25, 0.3) is 0 Å². The molecule has 0 amide bonds. The van der Waals surface area contributed by atoms with E-state index in [2.05, 4.69) is 16.9 Å². The second-order valence-corrected chi connectivity index (χ2v) is 2.79. The third-order valence-corrected chi connectivity index (χ3v) is 1.84. The molecule has 3 heteroatoms. The molecule has 0 fully saturated rings. The van der Waals surface area contributed by atoms with Gasteiger partial charge in [-0.25, -0.2) is 0 Å². The first kappa shape index (κ1) is 9.13. The lowest BCUT2D eigenvalue weighted by atomic mass is 10.2. The zero-order chi connectivity index (χ0) is 8.97. The van der Waals surface area contributed by atoms with Crippen molar-refractivity contribution in [3.8, 4) is 0 Å². The van der Waals surface area contributed by atoms with Gasteiger partial charge in [0.2, 0.25) is 0 Å². The number of aromatic nitrogens is 2. The van der Waals surface area contributed by atoms with E-state index < -0.39 is 0 Å². The summed E-state index contributed by atoms with van der Waals surface area (Å²) in [7, 11) is 0. The van der Waals surface area contributed by atoms with Gasteiger partial charge < -0.3 is 5.73 Å². The van der Waals surface area contributed by atoms with Crippen LogP contribution >= 0.6 is 0 Å². The van der Waals surface area contributed by atoms with Gasteiger partial charge >= 0.3 is 0 Å². The van der Waals surface area contributed by atoms with Crippen LogP contribution in [-0.2, 0) is 12.8 Å². The third-order valence-electron chi connectivity index (χ3n) is 1.84. The Morgan fingerprint density at radius 1 is 1.50 bits per heavy atom. The molecule has 0 aromatic carbocycles. The average molecular weight is 165 g/mol. The van der Waals surface area contributed by atoms with Crippen molar-refractivity contribution in [1.29, 1.82) is 0 Å². The van der Waals surface area contributed by atoms with Crippen molar-refractivity contribution in [2.75, 3.05) is 6.54 Å². The van der Waals surface area contributed by atoms with E-state index in [1.165, 1.54) is 0 Å². The number of nitrogens with zero attached hydrogens (tertiary/aromatic N) is 2. The summed E-state index contributed by atoms with van der Waals surface area (Å²) in [4.78, 5) is 8.69. The van der Waals surface area contributed by atoms with Gasteiger partial charge in [-0.1, -0.05) is 6.92 Å². The summed E-state index contributed by atoms with van der Waals surface area (Å²) in [5.74, 6) is 0. The summed E-state index contributed by atoms with van der Waals surface area (Å²) < 4.78 is 0. The van der Waals surface area contributed by atoms with Crippen LogP contribution in [0.3, 0.4) is 0 Å². The minimum absolute atomic E-state index is 0.640. The van der Waals surface area contributed by atoms with E-state index in [-0.39, 0.29) is 0 Å². The topological polar surface area (TPSA) is 51.8 Å². The highest BCUT2D eigenvalue weighted by Gasteiger charge is 2.00. The lowest BCUT2D eigenvalue weighted by Crippen LogP contribution is -2.07. The van der Waals surface area contributed by atoms with Gasteiger partial charge in [-0.2, -0.15) is 0 Å². The van der Waals surface area contributed by atoms with E-state index in [9.17, 15) is 0 Å². The number of aryl methyl sites for hydroxylation is 2. The maximum atomic E-state index is 5.42. The highest BCUT2D eigenvalue weighted by Crippen LogP contribution is 2.03. The molecule has 0 spiro atoms. The van der Waals surface area contributed by atoms with E-state index in [0.29, 0.717) is 6.54 Å². The number of hydrogen-bond donors (Lipinski definition) is 1. The van der Waals surface area contributed by atoms with Gasteiger partial charge in [-0.05, 0) is 19.9 Å². The van der Waals surface area contributed by atoms with Crippen molar-refractivity contribution in [3.05, 3.63) is 23.3 Å². The third kappa shape index (κ3) is 2.01. The summed E-state index contributed by atoms with van der Waals surface area (Å²) >= 11 is 0. The zero-order valence-electron chi connectivity index (χ0n) is 7.67. The Balaban J connectivity index is 2.89. The van der Waals surface area contributed by atoms with Crippen LogP contribution in [0.4, 0.5) is 0 Å². The summed E-state index contributed by atoms with van der Waals surface area (Å²) in [6.07, 6.45) is 3.57. The van der Waals surface area contributed by atoms with Gasteiger partial charge in [0, 0.05) is 12.6 Å². The Labute approximate surface area is 73.0 Å². The van der Waals surface area contributed by atoms with E-state index >= 15 is 0 Å². The molecule has 0 aliphatic heterocycles. The molecule has 0 aliphatic rings. The lowest BCUT2D eigenvalue weighted by Gasteiger charge is -2.03. The van der Waals surface area contributed by atoms with Crippen molar-refractivity contribution in [1.82, 2.24) is 9.97 Å². The molecule has 2 N–H and O–H groups in total. The minimum Gasteiger partial charge on any atom is -0.330 e. The van der Waals surface area contributed by atoms with Crippen LogP contribution in [0.2, 0.25) is 0 Å². The maximum Gasteiger partial charge on any atom is 0.0616 e. The number of rotatable bonds is 3.